The molecule has 6 rings (SSSR count). The van der Waals surface area contributed by atoms with Crippen molar-refractivity contribution in [1.29, 1.82) is 0 Å². The topological polar surface area (TPSA) is 73.2 Å². The summed E-state index contributed by atoms with van der Waals surface area (Å²) in [5, 5.41) is 11.4. The molecule has 1 aromatic heterocycles. The summed E-state index contributed by atoms with van der Waals surface area (Å²) in [6, 6.07) is 29.6. The predicted molar refractivity (Wildman–Crippen MR) is 191 cm³/mol. The Kier molecular flexibility index (Phi) is 8.18. The molecule has 1 aliphatic heterocycles. The minimum Gasteiger partial charge on any atom is -0.404 e. The first-order valence-electron chi connectivity index (χ1n) is 16.5. The van der Waals surface area contributed by atoms with Crippen LogP contribution in [0.25, 0.3) is 0 Å². The molecule has 2 aliphatic rings. The molecule has 46 heavy (non-hydrogen) atoms. The maximum atomic E-state index is 12.8. The molecule has 0 saturated heterocycles. The number of anilines is 2. The van der Waals surface area contributed by atoms with Gasteiger partial charge < -0.3 is 9.74 Å². The molecule has 244 valence electrons. The monoisotopic (exact) mass is 655 g/mol. The second-order valence-electron chi connectivity index (χ2n) is 15.9. The number of benzene rings is 3. The van der Waals surface area contributed by atoms with Gasteiger partial charge in [0.25, 0.3) is 8.32 Å². The van der Waals surface area contributed by atoms with Crippen LogP contribution in [0.15, 0.2) is 89.8 Å². The van der Waals surface area contributed by atoms with Crippen LogP contribution in [0.2, 0.25) is 5.04 Å². The number of hydrogen-bond donors (Lipinski definition) is 1. The Balaban J connectivity index is 1.30. The molecule has 0 spiro atoms. The lowest BCUT2D eigenvalue weighted by Crippen LogP contribution is -2.67. The standard InChI is InChI=1S/C38H49N3O3SSi/c1-36(2,3)41-35(39-28-20-22-34-32(24-28)38(7,8)26-45(34,42)43)25-33(40-41)27-19-21-29(23-27)44-46(37(4,5)6,30-15-11-9-12-16-30)31-17-13-10-14-18-31/h9-18,20,22,24-25,27,29,39H,19,21,23,26H2,1-8H3/t27-,29+/m0/s1. The van der Waals surface area contributed by atoms with Crippen LogP contribution in [0, 0.1) is 0 Å². The Morgan fingerprint density at radius 1 is 0.870 bits per heavy atom. The maximum Gasteiger partial charge on any atom is 0.261 e. The van der Waals surface area contributed by atoms with Crippen molar-refractivity contribution in [2.45, 2.75) is 108 Å². The third-order valence-corrected chi connectivity index (χ3v) is 17.0. The van der Waals surface area contributed by atoms with E-state index in [0.717, 1.165) is 42.0 Å². The van der Waals surface area contributed by atoms with E-state index in [1.807, 2.05) is 26.0 Å². The van der Waals surface area contributed by atoms with Gasteiger partial charge in [0, 0.05) is 29.2 Å². The highest BCUT2D eigenvalue weighted by Gasteiger charge is 2.52. The average Bonchev–Trinajstić information content (AvgIpc) is 3.67. The molecule has 0 radical (unpaired) electrons. The van der Waals surface area contributed by atoms with Gasteiger partial charge in [0.1, 0.15) is 5.82 Å². The first-order chi connectivity index (χ1) is 21.5. The summed E-state index contributed by atoms with van der Waals surface area (Å²) in [5.41, 5.74) is 2.16. The number of aromatic nitrogens is 2. The molecule has 1 aliphatic carbocycles. The molecule has 0 amide bonds. The summed E-state index contributed by atoms with van der Waals surface area (Å²) in [7, 11) is -5.90. The van der Waals surface area contributed by atoms with E-state index in [9.17, 15) is 8.42 Å². The van der Waals surface area contributed by atoms with Crippen LogP contribution < -0.4 is 15.7 Å². The number of nitrogens with one attached hydrogen (secondary N) is 1. The minimum absolute atomic E-state index is 0.0670. The van der Waals surface area contributed by atoms with Gasteiger partial charge in [-0.15, -0.1) is 0 Å². The molecule has 6 nitrogen and oxygen atoms in total. The average molecular weight is 656 g/mol. The SMILES string of the molecule is CC1(C)CS(=O)(=O)c2ccc(Nc3cc([C@H]4CC[C@@H](O[Si](c5ccccc5)(c5ccccc5)C(C)(C)C)C4)nn3C(C)(C)C)cc21. The van der Waals surface area contributed by atoms with Crippen LogP contribution in [0.5, 0.6) is 0 Å². The van der Waals surface area contributed by atoms with Gasteiger partial charge in [-0.2, -0.15) is 5.10 Å². The molecule has 3 aromatic carbocycles. The number of hydrogen-bond acceptors (Lipinski definition) is 5. The first-order valence-corrected chi connectivity index (χ1v) is 20.1. The fraction of sp³-hybridized carbons (Fsp3) is 0.447. The van der Waals surface area contributed by atoms with Crippen molar-refractivity contribution in [1.82, 2.24) is 9.78 Å². The molecule has 2 heterocycles. The van der Waals surface area contributed by atoms with Crippen LogP contribution in [0.3, 0.4) is 0 Å². The summed E-state index contributed by atoms with van der Waals surface area (Å²) in [6.07, 6.45) is 3.08. The largest absolute Gasteiger partial charge is 0.404 e. The molecule has 2 atom stereocenters. The fourth-order valence-corrected chi connectivity index (χ4v) is 14.6. The summed E-state index contributed by atoms with van der Waals surface area (Å²) in [4.78, 5) is 0.450. The summed E-state index contributed by atoms with van der Waals surface area (Å²) < 4.78 is 35.1. The summed E-state index contributed by atoms with van der Waals surface area (Å²) in [6.45, 7) is 17.5. The molecule has 0 unspecified atom stereocenters. The van der Waals surface area contributed by atoms with Gasteiger partial charge in [-0.3, -0.25) is 0 Å². The molecule has 1 fully saturated rings. The normalized spacial score (nSPS) is 20.9. The van der Waals surface area contributed by atoms with Gasteiger partial charge in [0.05, 0.1) is 21.9 Å². The lowest BCUT2D eigenvalue weighted by Gasteiger charge is -2.44. The van der Waals surface area contributed by atoms with Gasteiger partial charge in [0.15, 0.2) is 9.84 Å². The predicted octanol–water partition coefficient (Wildman–Crippen LogP) is 7.66. The van der Waals surface area contributed by atoms with Crippen molar-refractivity contribution in [3.63, 3.8) is 0 Å². The third-order valence-electron chi connectivity index (χ3n) is 9.79. The highest BCUT2D eigenvalue weighted by atomic mass is 32.2. The Morgan fingerprint density at radius 3 is 2.04 bits per heavy atom. The second-order valence-corrected chi connectivity index (χ2v) is 22.1. The van der Waals surface area contributed by atoms with Crippen LogP contribution in [-0.2, 0) is 25.2 Å². The minimum atomic E-state index is -3.26. The molecule has 8 heteroatoms. The lowest BCUT2D eigenvalue weighted by molar-refractivity contribution is 0.193. The first kappa shape index (κ1) is 32.7. The lowest BCUT2D eigenvalue weighted by atomic mass is 9.87. The van der Waals surface area contributed by atoms with Crippen LogP contribution in [0.4, 0.5) is 11.5 Å². The zero-order valence-corrected chi connectivity index (χ0v) is 30.4. The second kappa shape index (κ2) is 11.5. The highest BCUT2D eigenvalue weighted by molar-refractivity contribution is 7.91. The maximum absolute atomic E-state index is 12.8. The Morgan fingerprint density at radius 2 is 1.48 bits per heavy atom. The van der Waals surface area contributed by atoms with Gasteiger partial charge in [-0.1, -0.05) is 95.3 Å². The van der Waals surface area contributed by atoms with E-state index in [2.05, 4.69) is 118 Å². The van der Waals surface area contributed by atoms with E-state index in [1.165, 1.54) is 10.4 Å². The molecule has 1 N–H and O–H groups in total. The smallest absolute Gasteiger partial charge is 0.261 e. The molecular weight excluding hydrogens is 607 g/mol. The molecule has 4 aromatic rings. The van der Waals surface area contributed by atoms with Crippen molar-refractivity contribution in [2.24, 2.45) is 0 Å². The summed E-state index contributed by atoms with van der Waals surface area (Å²) in [5.74, 6) is 1.34. The molecule has 1 saturated carbocycles. The van der Waals surface area contributed by atoms with Gasteiger partial charge >= 0.3 is 0 Å². The van der Waals surface area contributed by atoms with E-state index in [-0.39, 0.29) is 28.4 Å². The third kappa shape index (κ3) is 5.88. The van der Waals surface area contributed by atoms with Crippen molar-refractivity contribution >= 4 is 40.0 Å². The Bertz CT molecular complexity index is 1780. The van der Waals surface area contributed by atoms with E-state index in [0.29, 0.717) is 4.90 Å². The van der Waals surface area contributed by atoms with Gasteiger partial charge in [0.2, 0.25) is 0 Å². The number of fused-ring (bicyclic) bond motifs is 1. The zero-order valence-electron chi connectivity index (χ0n) is 28.6. The van der Waals surface area contributed by atoms with Crippen LogP contribution >= 0.6 is 0 Å². The fourth-order valence-electron chi connectivity index (χ4n) is 7.64. The Labute approximate surface area is 276 Å². The van der Waals surface area contributed by atoms with E-state index in [4.69, 9.17) is 9.52 Å². The van der Waals surface area contributed by atoms with Gasteiger partial charge in [-0.25, -0.2) is 13.1 Å². The summed E-state index contributed by atoms with van der Waals surface area (Å²) >= 11 is 0. The van der Waals surface area contributed by atoms with Crippen LogP contribution in [-0.4, -0.2) is 38.4 Å². The van der Waals surface area contributed by atoms with Crippen molar-refractivity contribution in [2.75, 3.05) is 11.1 Å². The number of rotatable bonds is 7. The Hall–Kier alpha value is -3.20. The highest BCUT2D eigenvalue weighted by Crippen LogP contribution is 2.44. The molecule has 0 bridgehead atoms. The number of nitrogens with zero attached hydrogens (tertiary/aromatic N) is 2. The van der Waals surface area contributed by atoms with E-state index < -0.39 is 23.6 Å². The zero-order chi connectivity index (χ0) is 33.1. The van der Waals surface area contributed by atoms with Crippen LogP contribution in [0.1, 0.15) is 91.8 Å². The van der Waals surface area contributed by atoms with Crippen molar-refractivity contribution < 1.29 is 12.8 Å². The van der Waals surface area contributed by atoms with Crippen molar-refractivity contribution in [3.05, 3.63) is 96.2 Å². The van der Waals surface area contributed by atoms with E-state index in [1.54, 1.807) is 6.07 Å². The molecular formula is C38H49N3O3SSi. The van der Waals surface area contributed by atoms with Crippen molar-refractivity contribution in [3.8, 4) is 0 Å². The quantitative estimate of drug-likeness (QED) is 0.207. The van der Waals surface area contributed by atoms with Gasteiger partial charge in [-0.05, 0) is 79.2 Å². The van der Waals surface area contributed by atoms with E-state index >= 15 is 0 Å². The number of sulfone groups is 1.